The minimum Gasteiger partial charge on any atom is -0.497 e. The van der Waals surface area contributed by atoms with Gasteiger partial charge in [0.2, 0.25) is 5.28 Å². The van der Waals surface area contributed by atoms with Gasteiger partial charge in [-0.3, -0.25) is 4.79 Å². The lowest BCUT2D eigenvalue weighted by Crippen LogP contribution is -2.16. The van der Waals surface area contributed by atoms with Crippen LogP contribution in [0.15, 0.2) is 30.5 Å². The van der Waals surface area contributed by atoms with Crippen molar-refractivity contribution in [1.82, 2.24) is 9.97 Å². The van der Waals surface area contributed by atoms with Crippen LogP contribution in [0.5, 0.6) is 5.75 Å². The Labute approximate surface area is 120 Å². The second kappa shape index (κ2) is 6.21. The Morgan fingerprint density at radius 3 is 3.00 bits per heavy atom. The molecular weight excluding hydrogens is 280 g/mol. The average Bonchev–Trinajstić information content (AvgIpc) is 2.45. The smallest absolute Gasteiger partial charge is 0.254 e. The van der Waals surface area contributed by atoms with Gasteiger partial charge in [-0.25, -0.2) is 4.98 Å². The van der Waals surface area contributed by atoms with Gasteiger partial charge < -0.3 is 15.8 Å². The lowest BCUT2D eigenvalue weighted by molar-refractivity contribution is 0.100. The molecule has 2 rings (SSSR count). The molecule has 0 aliphatic carbocycles. The first-order chi connectivity index (χ1) is 9.60. The Kier molecular flexibility index (Phi) is 4.37. The molecule has 2 aromatic rings. The van der Waals surface area contributed by atoms with Gasteiger partial charge >= 0.3 is 0 Å². The predicted octanol–water partition coefficient (Wildman–Crippen LogP) is 1.85. The third-order valence-corrected chi connectivity index (χ3v) is 2.80. The maximum atomic E-state index is 11.3. The van der Waals surface area contributed by atoms with Crippen LogP contribution in [-0.2, 0) is 6.54 Å². The van der Waals surface area contributed by atoms with Gasteiger partial charge in [-0.05, 0) is 29.3 Å². The first kappa shape index (κ1) is 14.1. The molecule has 1 heterocycles. The van der Waals surface area contributed by atoms with Crippen LogP contribution in [0, 0.1) is 0 Å². The molecule has 7 heteroatoms. The van der Waals surface area contributed by atoms with Gasteiger partial charge in [-0.2, -0.15) is 4.98 Å². The lowest BCUT2D eigenvalue weighted by atomic mass is 10.2. The van der Waals surface area contributed by atoms with Crippen LogP contribution in [0.25, 0.3) is 0 Å². The molecule has 20 heavy (non-hydrogen) atoms. The number of carbonyl (C=O) groups is 1. The molecule has 0 aliphatic heterocycles. The number of anilines is 1. The average molecular weight is 293 g/mol. The number of benzene rings is 1. The van der Waals surface area contributed by atoms with E-state index >= 15 is 0 Å². The summed E-state index contributed by atoms with van der Waals surface area (Å²) in [6, 6.07) is 7.51. The molecule has 104 valence electrons. The van der Waals surface area contributed by atoms with Gasteiger partial charge in [0.25, 0.3) is 5.91 Å². The van der Waals surface area contributed by atoms with E-state index in [0.717, 1.165) is 11.3 Å². The predicted molar refractivity (Wildman–Crippen MR) is 75.9 cm³/mol. The standard InChI is InChI=1S/C13H13ClN4O2/c1-20-9-4-2-3-8(5-9)6-16-12-10(11(15)19)7-17-13(14)18-12/h2-5,7H,6H2,1H3,(H2,15,19)(H,16,17,18). The quantitative estimate of drug-likeness (QED) is 0.821. The van der Waals surface area contributed by atoms with Crippen molar-refractivity contribution in [2.75, 3.05) is 12.4 Å². The Bertz CT molecular complexity index is 634. The molecule has 0 aliphatic rings. The molecule has 0 saturated heterocycles. The fraction of sp³-hybridized carbons (Fsp3) is 0.154. The molecule has 0 bridgehead atoms. The summed E-state index contributed by atoms with van der Waals surface area (Å²) in [5, 5.41) is 3.06. The number of rotatable bonds is 5. The highest BCUT2D eigenvalue weighted by atomic mass is 35.5. The third kappa shape index (κ3) is 3.36. The highest BCUT2D eigenvalue weighted by molar-refractivity contribution is 6.28. The Morgan fingerprint density at radius 1 is 1.50 bits per heavy atom. The Morgan fingerprint density at radius 2 is 2.30 bits per heavy atom. The summed E-state index contributed by atoms with van der Waals surface area (Å²) in [6.45, 7) is 0.449. The number of halogens is 1. The topological polar surface area (TPSA) is 90.1 Å². The van der Waals surface area contributed by atoms with Crippen LogP contribution in [0.1, 0.15) is 15.9 Å². The monoisotopic (exact) mass is 292 g/mol. The zero-order valence-corrected chi connectivity index (χ0v) is 11.5. The van der Waals surface area contributed by atoms with Crippen molar-refractivity contribution in [2.24, 2.45) is 5.73 Å². The fourth-order valence-electron chi connectivity index (χ4n) is 1.64. The number of amides is 1. The number of nitrogens with two attached hydrogens (primary N) is 1. The highest BCUT2D eigenvalue weighted by Crippen LogP contribution is 2.17. The molecule has 1 amide bonds. The van der Waals surface area contributed by atoms with Gasteiger partial charge in [0.1, 0.15) is 11.6 Å². The van der Waals surface area contributed by atoms with E-state index in [-0.39, 0.29) is 10.8 Å². The fourth-order valence-corrected chi connectivity index (χ4v) is 1.78. The van der Waals surface area contributed by atoms with Crippen molar-refractivity contribution in [1.29, 1.82) is 0 Å². The van der Waals surface area contributed by atoms with E-state index in [1.807, 2.05) is 24.3 Å². The molecule has 1 aromatic heterocycles. The molecule has 0 saturated carbocycles. The normalized spacial score (nSPS) is 10.1. The van der Waals surface area contributed by atoms with E-state index in [1.165, 1.54) is 6.20 Å². The number of nitrogens with one attached hydrogen (secondary N) is 1. The van der Waals surface area contributed by atoms with Gasteiger partial charge in [0, 0.05) is 12.7 Å². The van der Waals surface area contributed by atoms with E-state index in [0.29, 0.717) is 12.4 Å². The van der Waals surface area contributed by atoms with Crippen LogP contribution in [-0.4, -0.2) is 23.0 Å². The van der Waals surface area contributed by atoms with Gasteiger partial charge in [0.05, 0.1) is 12.7 Å². The van der Waals surface area contributed by atoms with E-state index in [4.69, 9.17) is 22.1 Å². The lowest BCUT2D eigenvalue weighted by Gasteiger charge is -2.09. The van der Waals surface area contributed by atoms with Gasteiger partial charge in [0.15, 0.2) is 0 Å². The molecular formula is C13H13ClN4O2. The molecule has 3 N–H and O–H groups in total. The van der Waals surface area contributed by atoms with Crippen LogP contribution < -0.4 is 15.8 Å². The van der Waals surface area contributed by atoms with Crippen molar-refractivity contribution in [2.45, 2.75) is 6.54 Å². The summed E-state index contributed by atoms with van der Waals surface area (Å²) < 4.78 is 5.14. The van der Waals surface area contributed by atoms with E-state index in [1.54, 1.807) is 7.11 Å². The summed E-state index contributed by atoms with van der Waals surface area (Å²) in [5.74, 6) is 0.440. The maximum absolute atomic E-state index is 11.3. The van der Waals surface area contributed by atoms with E-state index < -0.39 is 5.91 Å². The second-order valence-corrected chi connectivity index (χ2v) is 4.31. The number of primary amides is 1. The van der Waals surface area contributed by atoms with E-state index in [2.05, 4.69) is 15.3 Å². The van der Waals surface area contributed by atoms with Crippen molar-refractivity contribution < 1.29 is 9.53 Å². The summed E-state index contributed by atoms with van der Waals surface area (Å²) in [4.78, 5) is 19.0. The van der Waals surface area contributed by atoms with Crippen LogP contribution in [0.3, 0.4) is 0 Å². The molecule has 0 atom stereocenters. The van der Waals surface area contributed by atoms with Crippen LogP contribution in [0.4, 0.5) is 5.82 Å². The molecule has 0 unspecified atom stereocenters. The Balaban J connectivity index is 2.17. The van der Waals surface area contributed by atoms with Crippen LogP contribution >= 0.6 is 11.6 Å². The molecule has 0 radical (unpaired) electrons. The summed E-state index contributed by atoms with van der Waals surface area (Å²) in [6.07, 6.45) is 1.30. The van der Waals surface area contributed by atoms with Crippen molar-refractivity contribution in [3.05, 3.63) is 46.9 Å². The maximum Gasteiger partial charge on any atom is 0.254 e. The van der Waals surface area contributed by atoms with Crippen molar-refractivity contribution in [3.8, 4) is 5.75 Å². The first-order valence-electron chi connectivity index (χ1n) is 5.79. The summed E-state index contributed by atoms with van der Waals surface area (Å²) >= 11 is 5.72. The van der Waals surface area contributed by atoms with Crippen molar-refractivity contribution in [3.63, 3.8) is 0 Å². The number of aromatic nitrogens is 2. The summed E-state index contributed by atoms with van der Waals surface area (Å²) in [7, 11) is 1.60. The zero-order chi connectivity index (χ0) is 14.5. The number of hydrogen-bond donors (Lipinski definition) is 2. The van der Waals surface area contributed by atoms with Crippen LogP contribution in [0.2, 0.25) is 5.28 Å². The van der Waals surface area contributed by atoms with Crippen molar-refractivity contribution >= 4 is 23.3 Å². The minimum atomic E-state index is -0.616. The second-order valence-electron chi connectivity index (χ2n) is 3.97. The molecule has 0 fully saturated rings. The largest absolute Gasteiger partial charge is 0.497 e. The number of nitrogens with zero attached hydrogens (tertiary/aromatic N) is 2. The number of hydrogen-bond acceptors (Lipinski definition) is 5. The Hall–Kier alpha value is -2.34. The van der Waals surface area contributed by atoms with E-state index in [9.17, 15) is 4.79 Å². The number of ether oxygens (including phenoxy) is 1. The van der Waals surface area contributed by atoms with Gasteiger partial charge in [-0.1, -0.05) is 12.1 Å². The highest BCUT2D eigenvalue weighted by Gasteiger charge is 2.11. The van der Waals surface area contributed by atoms with Gasteiger partial charge in [-0.15, -0.1) is 0 Å². The molecule has 1 aromatic carbocycles. The number of carbonyl (C=O) groups excluding carboxylic acids is 1. The molecule has 6 nitrogen and oxygen atoms in total. The summed E-state index contributed by atoms with van der Waals surface area (Å²) in [5.41, 5.74) is 6.42. The zero-order valence-electron chi connectivity index (χ0n) is 10.8. The first-order valence-corrected chi connectivity index (χ1v) is 6.17. The SMILES string of the molecule is COc1cccc(CNc2nc(Cl)ncc2C(N)=O)c1. The third-order valence-electron chi connectivity index (χ3n) is 2.62. The molecule has 0 spiro atoms. The number of methoxy groups -OCH3 is 1. The minimum absolute atomic E-state index is 0.0446.